The van der Waals surface area contributed by atoms with Gasteiger partial charge in [0.15, 0.2) is 11.4 Å². The molecule has 1 amide bonds. The molecule has 5 nitrogen and oxygen atoms in total. The number of amidine groups is 1. The molecule has 2 rings (SSSR count). The molecule has 0 saturated heterocycles. The average molecular weight is 324 g/mol. The van der Waals surface area contributed by atoms with E-state index in [-0.39, 0.29) is 5.91 Å². The van der Waals surface area contributed by atoms with E-state index in [0.29, 0.717) is 22.1 Å². The van der Waals surface area contributed by atoms with Crippen LogP contribution in [0.4, 0.5) is 11.4 Å². The Morgan fingerprint density at radius 1 is 1.22 bits per heavy atom. The number of hydrogen-bond donors (Lipinski definition) is 2. The zero-order chi connectivity index (χ0) is 16.7. The SMILES string of the molecule is CSC(=Nc1ccc(NC(=O)c2cccc(C)c2)cc1)NC#N. The summed E-state index contributed by atoms with van der Waals surface area (Å²) >= 11 is 1.35. The number of anilines is 1. The van der Waals surface area contributed by atoms with Crippen molar-refractivity contribution in [2.45, 2.75) is 6.92 Å². The zero-order valence-corrected chi connectivity index (χ0v) is 13.6. The molecule has 116 valence electrons. The molecule has 2 aromatic rings. The third kappa shape index (κ3) is 4.87. The van der Waals surface area contributed by atoms with Gasteiger partial charge in [0.25, 0.3) is 5.91 Å². The minimum absolute atomic E-state index is 0.152. The van der Waals surface area contributed by atoms with Gasteiger partial charge in [0, 0.05) is 11.3 Å². The minimum Gasteiger partial charge on any atom is -0.322 e. The molecule has 0 radical (unpaired) electrons. The van der Waals surface area contributed by atoms with Crippen LogP contribution in [0, 0.1) is 18.4 Å². The predicted molar refractivity (Wildman–Crippen MR) is 94.9 cm³/mol. The highest BCUT2D eigenvalue weighted by Crippen LogP contribution is 2.18. The van der Waals surface area contributed by atoms with Gasteiger partial charge in [-0.15, -0.1) is 0 Å². The first kappa shape index (κ1) is 16.6. The quantitative estimate of drug-likeness (QED) is 0.391. The minimum atomic E-state index is -0.152. The van der Waals surface area contributed by atoms with Gasteiger partial charge < -0.3 is 5.32 Å². The molecule has 0 aliphatic rings. The highest BCUT2D eigenvalue weighted by atomic mass is 32.2. The maximum atomic E-state index is 12.2. The number of benzene rings is 2. The van der Waals surface area contributed by atoms with Crippen LogP contribution in [-0.2, 0) is 0 Å². The molecule has 0 heterocycles. The van der Waals surface area contributed by atoms with Crippen molar-refractivity contribution in [1.82, 2.24) is 5.32 Å². The fourth-order valence-corrected chi connectivity index (χ4v) is 2.24. The lowest BCUT2D eigenvalue weighted by Crippen LogP contribution is -2.12. The molecule has 2 N–H and O–H groups in total. The van der Waals surface area contributed by atoms with E-state index in [0.717, 1.165) is 5.56 Å². The summed E-state index contributed by atoms with van der Waals surface area (Å²) in [6.07, 6.45) is 3.67. The van der Waals surface area contributed by atoms with Gasteiger partial charge in [-0.3, -0.25) is 10.1 Å². The summed E-state index contributed by atoms with van der Waals surface area (Å²) in [6.45, 7) is 1.95. The van der Waals surface area contributed by atoms with Gasteiger partial charge in [0.2, 0.25) is 0 Å². The first-order valence-electron chi connectivity index (χ1n) is 6.88. The second-order valence-electron chi connectivity index (χ2n) is 4.73. The Balaban J connectivity index is 2.08. The van der Waals surface area contributed by atoms with Crippen molar-refractivity contribution in [3.8, 4) is 6.19 Å². The van der Waals surface area contributed by atoms with Crippen molar-refractivity contribution in [3.05, 3.63) is 59.7 Å². The smallest absolute Gasteiger partial charge is 0.255 e. The molecule has 0 aromatic heterocycles. The van der Waals surface area contributed by atoms with E-state index >= 15 is 0 Å². The third-order valence-corrected chi connectivity index (χ3v) is 3.57. The summed E-state index contributed by atoms with van der Waals surface area (Å²) in [5.41, 5.74) is 3.05. The van der Waals surface area contributed by atoms with Crippen molar-refractivity contribution < 1.29 is 4.79 Å². The van der Waals surface area contributed by atoms with Crippen LogP contribution < -0.4 is 10.6 Å². The van der Waals surface area contributed by atoms with Crippen LogP contribution in [0.2, 0.25) is 0 Å². The number of aryl methyl sites for hydroxylation is 1. The molecular formula is C17H16N4OS. The fraction of sp³-hybridized carbons (Fsp3) is 0.118. The first-order chi connectivity index (χ1) is 11.1. The number of rotatable bonds is 3. The molecule has 0 saturated carbocycles. The zero-order valence-electron chi connectivity index (χ0n) is 12.8. The van der Waals surface area contributed by atoms with Gasteiger partial charge in [-0.25, -0.2) is 4.99 Å². The highest BCUT2D eigenvalue weighted by molar-refractivity contribution is 8.13. The average Bonchev–Trinajstić information content (AvgIpc) is 2.56. The maximum absolute atomic E-state index is 12.2. The Morgan fingerprint density at radius 2 is 1.96 bits per heavy atom. The lowest BCUT2D eigenvalue weighted by Gasteiger charge is -2.06. The topological polar surface area (TPSA) is 77.3 Å². The third-order valence-electron chi connectivity index (χ3n) is 2.99. The van der Waals surface area contributed by atoms with E-state index in [2.05, 4.69) is 15.6 Å². The molecule has 2 aromatic carbocycles. The Kier molecular flexibility index (Phi) is 5.78. The maximum Gasteiger partial charge on any atom is 0.255 e. The van der Waals surface area contributed by atoms with E-state index < -0.39 is 0 Å². The summed E-state index contributed by atoms with van der Waals surface area (Å²) in [7, 11) is 0. The van der Waals surface area contributed by atoms with Crippen LogP contribution >= 0.6 is 11.8 Å². The number of nitrogens with zero attached hydrogens (tertiary/aromatic N) is 2. The number of carbonyl (C=O) groups excluding carboxylic acids is 1. The largest absolute Gasteiger partial charge is 0.322 e. The lowest BCUT2D eigenvalue weighted by atomic mass is 10.1. The fourth-order valence-electron chi connectivity index (χ4n) is 1.90. The van der Waals surface area contributed by atoms with Crippen LogP contribution in [0.25, 0.3) is 0 Å². The van der Waals surface area contributed by atoms with Crippen molar-refractivity contribution in [3.63, 3.8) is 0 Å². The van der Waals surface area contributed by atoms with E-state index in [1.165, 1.54) is 11.8 Å². The molecule has 0 aliphatic carbocycles. The van der Waals surface area contributed by atoms with E-state index in [1.807, 2.05) is 37.6 Å². The summed E-state index contributed by atoms with van der Waals surface area (Å²) in [5.74, 6) is -0.152. The van der Waals surface area contributed by atoms with Crippen molar-refractivity contribution >= 4 is 34.2 Å². The molecule has 6 heteroatoms. The standard InChI is InChI=1S/C17H16N4OS/c1-12-4-3-5-13(10-12)16(22)20-14-6-8-15(9-7-14)21-17(23-2)19-11-18/h3-10H,1-2H3,(H,19,21)(H,20,22). The van der Waals surface area contributed by atoms with Crippen LogP contribution in [-0.4, -0.2) is 17.3 Å². The van der Waals surface area contributed by atoms with Crippen LogP contribution in [0.3, 0.4) is 0 Å². The lowest BCUT2D eigenvalue weighted by molar-refractivity contribution is 0.102. The molecule has 0 unspecified atom stereocenters. The Bertz CT molecular complexity index is 763. The normalized spacial score (nSPS) is 10.7. The predicted octanol–water partition coefficient (Wildman–Crippen LogP) is 3.67. The van der Waals surface area contributed by atoms with E-state index in [1.54, 1.807) is 30.3 Å². The number of hydrogen-bond acceptors (Lipinski definition) is 4. The van der Waals surface area contributed by atoms with E-state index in [4.69, 9.17) is 5.26 Å². The number of nitriles is 1. The van der Waals surface area contributed by atoms with Crippen molar-refractivity contribution in [2.75, 3.05) is 11.6 Å². The van der Waals surface area contributed by atoms with Crippen molar-refractivity contribution in [2.24, 2.45) is 4.99 Å². The van der Waals surface area contributed by atoms with Gasteiger partial charge in [0.05, 0.1) is 5.69 Å². The molecule has 0 atom stereocenters. The number of amides is 1. The summed E-state index contributed by atoms with van der Waals surface area (Å²) in [4.78, 5) is 16.5. The highest BCUT2D eigenvalue weighted by Gasteiger charge is 2.06. The first-order valence-corrected chi connectivity index (χ1v) is 8.10. The van der Waals surface area contributed by atoms with Crippen LogP contribution in [0.15, 0.2) is 53.5 Å². The van der Waals surface area contributed by atoms with E-state index in [9.17, 15) is 4.79 Å². The van der Waals surface area contributed by atoms with Gasteiger partial charge in [-0.2, -0.15) is 5.26 Å². The number of aliphatic imine (C=N–C) groups is 1. The number of carbonyl (C=O) groups is 1. The molecule has 0 fully saturated rings. The molecular weight excluding hydrogens is 308 g/mol. The van der Waals surface area contributed by atoms with Gasteiger partial charge in [0.1, 0.15) is 0 Å². The number of nitrogens with one attached hydrogen (secondary N) is 2. The number of thioether (sulfide) groups is 1. The Labute approximate surface area is 139 Å². The van der Waals surface area contributed by atoms with Gasteiger partial charge >= 0.3 is 0 Å². The van der Waals surface area contributed by atoms with Crippen LogP contribution in [0.1, 0.15) is 15.9 Å². The Hall–Kier alpha value is -2.78. The molecule has 0 spiro atoms. The monoisotopic (exact) mass is 324 g/mol. The molecule has 0 aliphatic heterocycles. The van der Waals surface area contributed by atoms with Crippen molar-refractivity contribution in [1.29, 1.82) is 5.26 Å². The van der Waals surface area contributed by atoms with Crippen LogP contribution in [0.5, 0.6) is 0 Å². The summed E-state index contributed by atoms with van der Waals surface area (Å²) in [5, 5.41) is 14.5. The van der Waals surface area contributed by atoms with Gasteiger partial charge in [-0.1, -0.05) is 29.5 Å². The second kappa shape index (κ2) is 8.01. The summed E-state index contributed by atoms with van der Waals surface area (Å²) < 4.78 is 0. The Morgan fingerprint density at radius 3 is 2.57 bits per heavy atom. The second-order valence-corrected chi connectivity index (χ2v) is 5.52. The molecule has 23 heavy (non-hydrogen) atoms. The summed E-state index contributed by atoms with van der Waals surface area (Å²) in [6, 6.07) is 14.5. The molecule has 0 bridgehead atoms. The van der Waals surface area contributed by atoms with Gasteiger partial charge in [-0.05, 0) is 49.6 Å².